The zero-order valence-corrected chi connectivity index (χ0v) is 46.5. The van der Waals surface area contributed by atoms with Crippen LogP contribution in [0.25, 0.3) is 88.7 Å². The third-order valence-electron chi connectivity index (χ3n) is 15.2. The Balaban J connectivity index is 0.991. The van der Waals surface area contributed by atoms with Gasteiger partial charge in [0, 0.05) is 9.63 Å². The van der Waals surface area contributed by atoms with E-state index >= 15 is 0 Å². The summed E-state index contributed by atoms with van der Waals surface area (Å²) < 4.78 is 121. The molecule has 0 saturated carbocycles. The first-order chi connectivity index (χ1) is 44.3. The molecule has 394 valence electrons. The first-order valence-electron chi connectivity index (χ1n) is 32.6. The molecule has 0 fully saturated rings. The molecule has 14 rings (SSSR count). The van der Waals surface area contributed by atoms with E-state index in [1.54, 1.807) is 48.5 Å². The summed E-state index contributed by atoms with van der Waals surface area (Å²) in [4.78, 5) is 7.29. The van der Waals surface area contributed by atoms with Gasteiger partial charge in [0.2, 0.25) is 0 Å². The van der Waals surface area contributed by atoms with Gasteiger partial charge in [0.15, 0.2) is 0 Å². The number of fused-ring (bicyclic) bond motifs is 4. The number of hydrogen-bond donors (Lipinski definition) is 0. The Hall–Kier alpha value is -9.03. The second-order valence-corrected chi connectivity index (χ2v) is 22.3. The number of aromatic nitrogens is 4. The van der Waals surface area contributed by atoms with Crippen molar-refractivity contribution in [2.75, 3.05) is 4.81 Å². The van der Waals surface area contributed by atoms with Crippen molar-refractivity contribution >= 4 is 56.8 Å². The van der Waals surface area contributed by atoms with Crippen molar-refractivity contribution in [2.45, 2.75) is 46.7 Å². The number of aryl methyl sites for hydroxylation is 3. The van der Waals surface area contributed by atoms with Crippen LogP contribution in [-0.4, -0.2) is 25.6 Å². The summed E-state index contributed by atoms with van der Waals surface area (Å²) in [5, 5.41) is 1.70. The van der Waals surface area contributed by atoms with Crippen LogP contribution in [0.1, 0.15) is 59.5 Å². The first kappa shape index (κ1) is 38.6. The van der Waals surface area contributed by atoms with Gasteiger partial charge in [0.25, 0.3) is 0 Å². The third-order valence-corrected chi connectivity index (χ3v) is 16.2. The molecule has 6 nitrogen and oxygen atoms in total. The van der Waals surface area contributed by atoms with Crippen molar-refractivity contribution < 1.29 is 40.5 Å². The fourth-order valence-electron chi connectivity index (χ4n) is 11.4. The van der Waals surface area contributed by atoms with Crippen LogP contribution >= 0.6 is 0 Å². The van der Waals surface area contributed by atoms with Gasteiger partial charge in [-0.25, -0.2) is 0 Å². The van der Waals surface area contributed by atoms with E-state index < -0.39 is 27.5 Å². The Kier molecular flexibility index (Phi) is 9.50. The SMILES string of the molecule is [2H]c1c([2H])c(-c2cccc(C([2H])([2H])[2H])c2)c(-n2[c](=[Pt])n(-c3[c-]c(Oc4nc(N5B(c6ccccc6)n6c7cc(C([2H])([2H])[2H])ccc7c7cc[c-]c5c76)cc(C([2H])([2H])[2H])c4-c4ccccc4)ccc3)c3ccccc32)c(-c2cc(-c3ccccc3)cc(C(C)(C)C)c2)c1[2H]. The molecule has 8 heteroatoms. The van der Waals surface area contributed by atoms with Gasteiger partial charge in [-0.2, -0.15) is 12.1 Å². The summed E-state index contributed by atoms with van der Waals surface area (Å²) >= 11 is 2.23. The zero-order valence-electron chi connectivity index (χ0n) is 56.2. The Bertz CT molecular complexity index is 5210. The van der Waals surface area contributed by atoms with E-state index in [9.17, 15) is 8.22 Å². The molecule has 81 heavy (non-hydrogen) atoms. The van der Waals surface area contributed by atoms with Crippen LogP contribution in [0.4, 0.5) is 11.5 Å². The van der Waals surface area contributed by atoms with E-state index in [-0.39, 0.29) is 68.8 Å². The van der Waals surface area contributed by atoms with Gasteiger partial charge in [-0.1, -0.05) is 42.5 Å². The summed E-state index contributed by atoms with van der Waals surface area (Å²) in [5.74, 6) is 0.362. The summed E-state index contributed by atoms with van der Waals surface area (Å²) in [5.41, 5.74) is 9.96. The number of nitrogens with zero attached hydrogens (tertiary/aromatic N) is 5. The summed E-state index contributed by atoms with van der Waals surface area (Å²) in [6.07, 6.45) is 0. The van der Waals surface area contributed by atoms with Gasteiger partial charge in [0.1, 0.15) is 0 Å². The summed E-state index contributed by atoms with van der Waals surface area (Å²) in [7, 11) is 0. The third kappa shape index (κ3) is 8.70. The molecular formula is C73H56BN5OPt-2. The van der Waals surface area contributed by atoms with Crippen LogP contribution in [0.15, 0.2) is 230 Å². The molecule has 1 aliphatic heterocycles. The first-order valence-corrected chi connectivity index (χ1v) is 27.8. The van der Waals surface area contributed by atoms with E-state index in [2.05, 4.69) is 62.8 Å². The predicted octanol–water partition coefficient (Wildman–Crippen LogP) is 17.7. The molecule has 0 radical (unpaired) electrons. The van der Waals surface area contributed by atoms with Crippen LogP contribution in [0.5, 0.6) is 11.6 Å². The van der Waals surface area contributed by atoms with Gasteiger partial charge in [-0.3, -0.25) is 0 Å². The van der Waals surface area contributed by atoms with Gasteiger partial charge in [0.05, 0.1) is 0 Å². The van der Waals surface area contributed by atoms with Crippen molar-refractivity contribution in [3.8, 4) is 67.5 Å². The van der Waals surface area contributed by atoms with Crippen LogP contribution in [-0.2, 0) is 24.8 Å². The number of anilines is 2. The Morgan fingerprint density at radius 3 is 2.02 bits per heavy atom. The molecular weight excluding hydrogens is 1170 g/mol. The van der Waals surface area contributed by atoms with Crippen LogP contribution < -0.4 is 15.0 Å². The number of ether oxygens (including phenoxy) is 1. The van der Waals surface area contributed by atoms with Crippen LogP contribution in [0.2, 0.25) is 0 Å². The average molecular weight is 1240 g/mol. The van der Waals surface area contributed by atoms with Gasteiger partial charge in [-0.15, -0.1) is 5.39 Å². The van der Waals surface area contributed by atoms with Gasteiger partial charge >= 0.3 is 410 Å². The van der Waals surface area contributed by atoms with Crippen molar-refractivity contribution in [2.24, 2.45) is 0 Å². The summed E-state index contributed by atoms with van der Waals surface area (Å²) in [6, 6.07) is 71.2. The topological polar surface area (TPSA) is 40.1 Å². The van der Waals surface area contributed by atoms with Gasteiger partial charge in [-0.05, 0) is 23.9 Å². The van der Waals surface area contributed by atoms with E-state index in [1.165, 1.54) is 6.07 Å². The fourth-order valence-corrected chi connectivity index (χ4v) is 12.5. The maximum absolute atomic E-state index is 10.0. The zero-order chi connectivity index (χ0) is 65.2. The molecule has 0 N–H and O–H groups in total. The van der Waals surface area contributed by atoms with Crippen molar-refractivity contribution in [1.29, 1.82) is 0 Å². The van der Waals surface area contributed by atoms with Crippen molar-refractivity contribution in [1.82, 2.24) is 18.6 Å². The molecule has 0 amide bonds. The maximum atomic E-state index is 10.0. The summed E-state index contributed by atoms with van der Waals surface area (Å²) in [6.45, 7) is -1.99. The van der Waals surface area contributed by atoms with Crippen LogP contribution in [0.3, 0.4) is 0 Å². The molecule has 0 bridgehead atoms. The molecule has 10 aromatic carbocycles. The number of rotatable bonds is 10. The van der Waals surface area contributed by atoms with E-state index in [0.29, 0.717) is 59.7 Å². The number of hydrogen-bond acceptors (Lipinski definition) is 3. The second-order valence-electron chi connectivity index (χ2n) is 21.3. The van der Waals surface area contributed by atoms with E-state index in [1.807, 2.05) is 166 Å². The number of benzene rings is 10. The molecule has 3 aromatic heterocycles. The van der Waals surface area contributed by atoms with Gasteiger partial charge < -0.3 is 0 Å². The Morgan fingerprint density at radius 2 is 1.27 bits per heavy atom. The fraction of sp³-hybridized carbons (Fsp3) is 0.0959. The van der Waals surface area contributed by atoms with Crippen molar-refractivity contribution in [3.05, 3.63) is 269 Å². The second kappa shape index (κ2) is 20.0. The molecule has 4 heterocycles. The molecule has 0 spiro atoms. The molecule has 1 aliphatic rings. The number of imidazole rings is 1. The number of para-hydroxylation sites is 3. The number of pyridine rings is 1. The molecule has 0 atom stereocenters. The monoisotopic (exact) mass is 1240 g/mol. The molecule has 0 saturated heterocycles. The van der Waals surface area contributed by atoms with E-state index in [4.69, 9.17) is 17.9 Å². The minimum absolute atomic E-state index is 0.0343. The molecule has 13 aromatic rings. The molecule has 0 aliphatic carbocycles. The van der Waals surface area contributed by atoms with E-state index in [0.717, 1.165) is 38.4 Å². The average Bonchev–Trinajstić information content (AvgIpc) is 1.56. The standard InChI is InChI=1S/C73H56BN5O.Pt/c1-48-22-18-27-53(40-48)60-32-20-33-61(55-43-54(51-23-10-7-11-24-51)44-56(45-55)73(4,5)6)70(60)77-47-76(64-35-16-17-36-65(64)77)58-30-19-31-59(46-58)80-72-69(52-25-12-8-13-26-52)50(3)42-68(75-72)78-66-37-21-34-63-62-39-38-49(2)41-67(62)79(71(63)66)74(78)57-28-14-9-15-29-57;/h7-36,38-45H,1-6H3;/q-2;/i1D3,2D3,3D3,20D,32D,33D;. The normalized spacial score (nSPS) is 15.0. The van der Waals surface area contributed by atoms with Crippen LogP contribution in [0, 0.1) is 36.5 Å². The Labute approximate surface area is 501 Å². The predicted molar refractivity (Wildman–Crippen MR) is 331 cm³/mol. The quantitative estimate of drug-likeness (QED) is 0.101. The van der Waals surface area contributed by atoms with Crippen molar-refractivity contribution in [3.63, 3.8) is 0 Å². The Morgan fingerprint density at radius 1 is 0.593 bits per heavy atom. The molecule has 0 unspecified atom stereocenters. The minimum atomic E-state index is -2.73.